The molecule has 0 radical (unpaired) electrons. The maximum absolute atomic E-state index is 12.3. The molecule has 0 spiro atoms. The van der Waals surface area contributed by atoms with Crippen LogP contribution in [0.2, 0.25) is 0 Å². The number of carbonyl (C=O) groups is 2. The second kappa shape index (κ2) is 9.82. The van der Waals surface area contributed by atoms with Crippen molar-refractivity contribution in [1.82, 2.24) is 0 Å². The highest BCUT2D eigenvalue weighted by atomic mass is 16.6. The first-order valence-electron chi connectivity index (χ1n) is 11.7. The van der Waals surface area contributed by atoms with Crippen LogP contribution in [0.4, 0.5) is 0 Å². The summed E-state index contributed by atoms with van der Waals surface area (Å²) in [5.41, 5.74) is -0.323. The second-order valence-corrected chi connectivity index (χ2v) is 9.63. The number of carboxylic acid groups (broad SMARTS) is 1. The molecule has 3 rings (SSSR count). The van der Waals surface area contributed by atoms with Crippen LogP contribution in [0.5, 0.6) is 0 Å². The lowest BCUT2D eigenvalue weighted by molar-refractivity contribution is -0.136. The molecule has 7 atom stereocenters. The smallest absolute Gasteiger partial charge is 0.333 e. The molecule has 1 heterocycles. The molecule has 6 heteroatoms. The standard InChI is InChI=1S/C27H36O6/c1-6-17(2)24-26(4,33-24)27(31)18(3)15-20-16-19(25(30)32-5)13-14-21(20)22(27)11-9-7-8-10-12-23(28)29/h7-13,15,17,20-22,24,31H,6,14,16H2,1-5H3,(H,28,29)/b8-7+,11-9+,12-10+/t17?,20-,21-,22+,24-,26-,27+/m1/s1. The molecule has 1 fully saturated rings. The molecular weight excluding hydrogens is 420 g/mol. The predicted molar refractivity (Wildman–Crippen MR) is 126 cm³/mol. The van der Waals surface area contributed by atoms with Crippen LogP contribution in [0.25, 0.3) is 0 Å². The maximum atomic E-state index is 12.3. The Labute approximate surface area is 196 Å². The van der Waals surface area contributed by atoms with Crippen LogP contribution in [-0.2, 0) is 19.1 Å². The van der Waals surface area contributed by atoms with Gasteiger partial charge in [-0.1, -0.05) is 62.8 Å². The Kier molecular flexibility index (Phi) is 7.49. The summed E-state index contributed by atoms with van der Waals surface area (Å²) in [4.78, 5) is 22.8. The fraction of sp³-hybridized carbons (Fsp3) is 0.556. The van der Waals surface area contributed by atoms with Gasteiger partial charge in [-0.25, -0.2) is 9.59 Å². The van der Waals surface area contributed by atoms with E-state index in [1.165, 1.54) is 13.2 Å². The maximum Gasteiger partial charge on any atom is 0.333 e. The zero-order chi connectivity index (χ0) is 24.4. The van der Waals surface area contributed by atoms with E-state index in [-0.39, 0.29) is 29.8 Å². The van der Waals surface area contributed by atoms with Gasteiger partial charge in [-0.15, -0.1) is 0 Å². The van der Waals surface area contributed by atoms with E-state index in [2.05, 4.69) is 19.9 Å². The molecule has 2 N–H and O–H groups in total. The minimum atomic E-state index is -1.18. The Morgan fingerprint density at radius 3 is 2.64 bits per heavy atom. The van der Waals surface area contributed by atoms with Gasteiger partial charge in [-0.05, 0) is 50.0 Å². The Balaban J connectivity index is 1.97. The van der Waals surface area contributed by atoms with Crippen molar-refractivity contribution < 1.29 is 29.3 Å². The number of epoxide rings is 1. The summed E-state index contributed by atoms with van der Waals surface area (Å²) in [6, 6.07) is 0. The normalized spacial score (nSPS) is 37.0. The minimum absolute atomic E-state index is 0.0258. The number of hydrogen-bond donors (Lipinski definition) is 2. The number of rotatable bonds is 8. The van der Waals surface area contributed by atoms with Gasteiger partial charge in [0, 0.05) is 17.6 Å². The fourth-order valence-electron chi connectivity index (χ4n) is 5.72. The van der Waals surface area contributed by atoms with Gasteiger partial charge in [0.05, 0.1) is 13.2 Å². The van der Waals surface area contributed by atoms with Gasteiger partial charge in [0.2, 0.25) is 0 Å². The monoisotopic (exact) mass is 456 g/mol. The van der Waals surface area contributed by atoms with Crippen molar-refractivity contribution in [2.24, 2.45) is 23.7 Å². The third kappa shape index (κ3) is 4.64. The van der Waals surface area contributed by atoms with Crippen molar-refractivity contribution in [2.45, 2.75) is 64.3 Å². The highest BCUT2D eigenvalue weighted by Crippen LogP contribution is 2.60. The van der Waals surface area contributed by atoms with E-state index < -0.39 is 17.2 Å². The highest BCUT2D eigenvalue weighted by molar-refractivity contribution is 5.88. The molecule has 0 amide bonds. The van der Waals surface area contributed by atoms with Crippen molar-refractivity contribution in [3.8, 4) is 0 Å². The molecule has 1 unspecified atom stereocenters. The van der Waals surface area contributed by atoms with E-state index in [9.17, 15) is 14.7 Å². The summed E-state index contributed by atoms with van der Waals surface area (Å²) < 4.78 is 11.2. The number of carboxylic acids is 1. The van der Waals surface area contributed by atoms with Gasteiger partial charge >= 0.3 is 11.9 Å². The predicted octanol–water partition coefficient (Wildman–Crippen LogP) is 4.38. The average molecular weight is 457 g/mol. The first-order valence-corrected chi connectivity index (χ1v) is 11.7. The van der Waals surface area contributed by atoms with Crippen LogP contribution >= 0.6 is 0 Å². The number of allylic oxidation sites excluding steroid dienone is 6. The summed E-state index contributed by atoms with van der Waals surface area (Å²) in [5.74, 6) is -0.985. The third-order valence-corrected chi connectivity index (χ3v) is 7.76. The molecule has 1 saturated heterocycles. The Morgan fingerprint density at radius 2 is 2.00 bits per heavy atom. The Morgan fingerprint density at radius 1 is 1.30 bits per heavy atom. The Hall–Kier alpha value is -2.44. The lowest BCUT2D eigenvalue weighted by Crippen LogP contribution is -2.57. The lowest BCUT2D eigenvalue weighted by atomic mass is 9.56. The molecule has 0 aromatic rings. The topological polar surface area (TPSA) is 96.4 Å². The minimum Gasteiger partial charge on any atom is -0.478 e. The van der Waals surface area contributed by atoms with E-state index in [0.29, 0.717) is 24.3 Å². The van der Waals surface area contributed by atoms with Gasteiger partial charge < -0.3 is 19.7 Å². The number of aliphatic hydroxyl groups is 1. The molecule has 3 aliphatic rings. The number of fused-ring (bicyclic) bond motifs is 1. The molecule has 2 aliphatic carbocycles. The molecule has 0 saturated carbocycles. The molecule has 1 aliphatic heterocycles. The molecule has 0 aromatic heterocycles. The van der Waals surface area contributed by atoms with Crippen molar-refractivity contribution in [3.63, 3.8) is 0 Å². The molecule has 33 heavy (non-hydrogen) atoms. The Bertz CT molecular complexity index is 925. The van der Waals surface area contributed by atoms with Crippen molar-refractivity contribution in [3.05, 3.63) is 59.8 Å². The number of carbonyl (C=O) groups excluding carboxylic acids is 1. The second-order valence-electron chi connectivity index (χ2n) is 9.63. The first-order chi connectivity index (χ1) is 15.6. The van der Waals surface area contributed by atoms with Crippen LogP contribution in [0.1, 0.15) is 47.0 Å². The highest BCUT2D eigenvalue weighted by Gasteiger charge is 2.70. The summed E-state index contributed by atoms with van der Waals surface area (Å²) in [6.07, 6.45) is 16.1. The molecule has 180 valence electrons. The van der Waals surface area contributed by atoms with Gasteiger partial charge in [0.15, 0.2) is 0 Å². The van der Waals surface area contributed by atoms with Crippen LogP contribution < -0.4 is 0 Å². The molecule has 0 aromatic carbocycles. The summed E-state index contributed by atoms with van der Waals surface area (Å²) in [7, 11) is 1.40. The summed E-state index contributed by atoms with van der Waals surface area (Å²) in [5, 5.41) is 21.0. The summed E-state index contributed by atoms with van der Waals surface area (Å²) in [6.45, 7) is 8.24. The van der Waals surface area contributed by atoms with E-state index in [0.717, 1.165) is 18.1 Å². The van der Waals surface area contributed by atoms with Gasteiger partial charge in [-0.3, -0.25) is 0 Å². The average Bonchev–Trinajstić information content (AvgIpc) is 3.49. The fourth-order valence-corrected chi connectivity index (χ4v) is 5.72. The van der Waals surface area contributed by atoms with Gasteiger partial charge in [0.25, 0.3) is 0 Å². The van der Waals surface area contributed by atoms with Crippen LogP contribution in [0.15, 0.2) is 59.8 Å². The molecule has 6 nitrogen and oxygen atoms in total. The van der Waals surface area contributed by atoms with E-state index in [4.69, 9.17) is 14.6 Å². The van der Waals surface area contributed by atoms with Gasteiger partial charge in [-0.2, -0.15) is 0 Å². The number of methoxy groups -OCH3 is 1. The van der Waals surface area contributed by atoms with Crippen molar-refractivity contribution in [2.75, 3.05) is 7.11 Å². The first kappa shape index (κ1) is 25.2. The quantitative estimate of drug-likeness (QED) is 0.185. The van der Waals surface area contributed by atoms with Gasteiger partial charge in [0.1, 0.15) is 11.2 Å². The molecular formula is C27H36O6. The van der Waals surface area contributed by atoms with Crippen LogP contribution in [-0.4, -0.2) is 46.6 Å². The molecule has 0 bridgehead atoms. The number of hydrogen-bond acceptors (Lipinski definition) is 5. The number of ether oxygens (including phenoxy) is 2. The summed E-state index contributed by atoms with van der Waals surface area (Å²) >= 11 is 0. The van der Waals surface area contributed by atoms with E-state index >= 15 is 0 Å². The van der Waals surface area contributed by atoms with Crippen molar-refractivity contribution in [1.29, 1.82) is 0 Å². The number of aliphatic carboxylic acids is 1. The zero-order valence-electron chi connectivity index (χ0n) is 20.2. The van der Waals surface area contributed by atoms with E-state index in [1.807, 2.05) is 32.1 Å². The van der Waals surface area contributed by atoms with Crippen molar-refractivity contribution >= 4 is 11.9 Å². The SMILES string of the molecule is CCC(C)[C@H]1O[C@@]1(C)[C@]1(O)C(C)=C[C@@H]2CC(C(=O)OC)=CC[C@H]2[C@@H]1/C=C/C=C/C=C/C(=O)O. The third-order valence-electron chi connectivity index (χ3n) is 7.76. The van der Waals surface area contributed by atoms with E-state index in [1.54, 1.807) is 12.2 Å². The number of esters is 1. The largest absolute Gasteiger partial charge is 0.478 e. The lowest BCUT2D eigenvalue weighted by Gasteiger charge is -2.50. The van der Waals surface area contributed by atoms with Crippen LogP contribution in [0, 0.1) is 23.7 Å². The zero-order valence-corrected chi connectivity index (χ0v) is 20.2. The van der Waals surface area contributed by atoms with Crippen LogP contribution in [0.3, 0.4) is 0 Å².